The normalized spacial score (nSPS) is 20.8. The number of anilines is 1. The van der Waals surface area contributed by atoms with Gasteiger partial charge in [0.1, 0.15) is 12.6 Å². The third kappa shape index (κ3) is 3.87. The Morgan fingerprint density at radius 3 is 2.41 bits per heavy atom. The molecule has 0 spiro atoms. The Morgan fingerprint density at radius 2 is 1.78 bits per heavy atom. The maximum Gasteiger partial charge on any atom is 0.326 e. The average molecular weight is 367 g/mol. The summed E-state index contributed by atoms with van der Waals surface area (Å²) in [6.07, 6.45) is 4.69. The van der Waals surface area contributed by atoms with Gasteiger partial charge in [0.15, 0.2) is 6.61 Å². The van der Waals surface area contributed by atoms with E-state index in [-0.39, 0.29) is 17.4 Å². The molecular formula is C19H17N3O5. The number of ether oxygens (including phenoxy) is 1. The second-order valence-electron chi connectivity index (χ2n) is 6.28. The molecule has 8 nitrogen and oxygen atoms in total. The van der Waals surface area contributed by atoms with Crippen molar-refractivity contribution in [2.24, 2.45) is 11.8 Å². The molecule has 1 fully saturated rings. The molecule has 0 unspecified atom stereocenters. The molecule has 0 aromatic heterocycles. The summed E-state index contributed by atoms with van der Waals surface area (Å²) in [6, 6.07) is 8.34. The number of imide groups is 1. The van der Waals surface area contributed by atoms with E-state index in [2.05, 4.69) is 5.32 Å². The van der Waals surface area contributed by atoms with Crippen LogP contribution in [0.5, 0.6) is 0 Å². The van der Waals surface area contributed by atoms with E-state index in [1.165, 1.54) is 0 Å². The molecule has 8 heteroatoms. The van der Waals surface area contributed by atoms with Crippen LogP contribution in [0.3, 0.4) is 0 Å². The number of hydrogen-bond acceptors (Lipinski definition) is 6. The van der Waals surface area contributed by atoms with Crippen LogP contribution in [-0.2, 0) is 23.9 Å². The first-order chi connectivity index (χ1) is 13.0. The lowest BCUT2D eigenvalue weighted by Crippen LogP contribution is -2.37. The van der Waals surface area contributed by atoms with Gasteiger partial charge in [0, 0.05) is 0 Å². The summed E-state index contributed by atoms with van der Waals surface area (Å²) in [5, 5.41) is 11.5. The summed E-state index contributed by atoms with van der Waals surface area (Å²) >= 11 is 0. The first kappa shape index (κ1) is 18.3. The molecule has 138 valence electrons. The Bertz CT molecular complexity index is 844. The number of hydrogen-bond donors (Lipinski definition) is 1. The molecule has 2 aliphatic rings. The van der Waals surface area contributed by atoms with Crippen molar-refractivity contribution in [3.05, 3.63) is 42.0 Å². The maximum absolute atomic E-state index is 12.3. The van der Waals surface area contributed by atoms with Crippen molar-refractivity contribution in [1.82, 2.24) is 4.90 Å². The van der Waals surface area contributed by atoms with Gasteiger partial charge in [0.05, 0.1) is 23.1 Å². The van der Waals surface area contributed by atoms with Gasteiger partial charge in [0.25, 0.3) is 5.91 Å². The molecular weight excluding hydrogens is 350 g/mol. The van der Waals surface area contributed by atoms with Crippen LogP contribution in [0.1, 0.15) is 18.4 Å². The lowest BCUT2D eigenvalue weighted by atomic mass is 9.85. The highest BCUT2D eigenvalue weighted by Gasteiger charge is 2.47. The monoisotopic (exact) mass is 367 g/mol. The van der Waals surface area contributed by atoms with Gasteiger partial charge in [0.2, 0.25) is 11.8 Å². The van der Waals surface area contributed by atoms with Gasteiger partial charge in [-0.2, -0.15) is 5.26 Å². The van der Waals surface area contributed by atoms with Crippen molar-refractivity contribution < 1.29 is 23.9 Å². The zero-order valence-electron chi connectivity index (χ0n) is 14.4. The van der Waals surface area contributed by atoms with Crippen LogP contribution >= 0.6 is 0 Å². The summed E-state index contributed by atoms with van der Waals surface area (Å²) in [5.41, 5.74) is 0.587. The van der Waals surface area contributed by atoms with Gasteiger partial charge >= 0.3 is 5.97 Å². The average Bonchev–Trinajstić information content (AvgIpc) is 2.92. The van der Waals surface area contributed by atoms with Gasteiger partial charge < -0.3 is 10.1 Å². The molecule has 1 aliphatic carbocycles. The molecule has 2 atom stereocenters. The second kappa shape index (κ2) is 7.83. The molecule has 0 bridgehead atoms. The highest BCUT2D eigenvalue weighted by atomic mass is 16.5. The van der Waals surface area contributed by atoms with E-state index in [0.717, 1.165) is 4.90 Å². The number of rotatable bonds is 5. The third-order valence-electron chi connectivity index (χ3n) is 4.57. The van der Waals surface area contributed by atoms with Crippen LogP contribution in [0.15, 0.2) is 36.4 Å². The first-order valence-corrected chi connectivity index (χ1v) is 8.46. The fourth-order valence-corrected chi connectivity index (χ4v) is 3.22. The molecule has 1 heterocycles. The minimum atomic E-state index is -0.841. The standard InChI is InChI=1S/C19H17N3O5/c20-9-12-5-1-4-8-15(12)21-16(23)11-27-17(24)10-22-18(25)13-6-2-3-7-14(13)19(22)26/h1-5,8,13-14H,6-7,10-11H2,(H,21,23)/t13-,14-/m0/s1. The number of nitrogens with one attached hydrogen (secondary N) is 1. The van der Waals surface area contributed by atoms with E-state index in [9.17, 15) is 19.2 Å². The molecule has 0 radical (unpaired) electrons. The predicted molar refractivity (Wildman–Crippen MR) is 92.8 cm³/mol. The van der Waals surface area contributed by atoms with E-state index < -0.39 is 36.9 Å². The van der Waals surface area contributed by atoms with Crippen molar-refractivity contribution in [2.45, 2.75) is 12.8 Å². The Labute approximate surface area is 155 Å². The minimum absolute atomic E-state index is 0.279. The van der Waals surface area contributed by atoms with Crippen LogP contribution in [0.25, 0.3) is 0 Å². The van der Waals surface area contributed by atoms with Gasteiger partial charge in [-0.05, 0) is 25.0 Å². The molecule has 3 rings (SSSR count). The quantitative estimate of drug-likeness (QED) is 0.471. The molecule has 1 aliphatic heterocycles. The summed E-state index contributed by atoms with van der Waals surface area (Å²) in [7, 11) is 0. The number of amides is 3. The molecule has 1 N–H and O–H groups in total. The Hall–Kier alpha value is -3.47. The number of carbonyl (C=O) groups is 4. The fourth-order valence-electron chi connectivity index (χ4n) is 3.22. The van der Waals surface area contributed by atoms with Crippen molar-refractivity contribution in [3.8, 4) is 6.07 Å². The number of fused-ring (bicyclic) bond motifs is 1. The SMILES string of the molecule is N#Cc1ccccc1NC(=O)COC(=O)CN1C(=O)[C@H]2CC=CC[C@@H]2C1=O. The molecule has 0 saturated carbocycles. The highest BCUT2D eigenvalue weighted by molar-refractivity contribution is 6.07. The number of esters is 1. The smallest absolute Gasteiger partial charge is 0.326 e. The van der Waals surface area contributed by atoms with E-state index in [0.29, 0.717) is 18.5 Å². The van der Waals surface area contributed by atoms with E-state index in [4.69, 9.17) is 10.00 Å². The van der Waals surface area contributed by atoms with Crippen LogP contribution < -0.4 is 5.32 Å². The van der Waals surface area contributed by atoms with E-state index >= 15 is 0 Å². The minimum Gasteiger partial charge on any atom is -0.454 e. The molecule has 3 amide bonds. The Balaban J connectivity index is 1.51. The van der Waals surface area contributed by atoms with E-state index in [1.807, 2.05) is 18.2 Å². The zero-order valence-corrected chi connectivity index (χ0v) is 14.4. The third-order valence-corrected chi connectivity index (χ3v) is 4.57. The molecule has 1 aromatic rings. The van der Waals surface area contributed by atoms with Gasteiger partial charge in [-0.1, -0.05) is 24.3 Å². The summed E-state index contributed by atoms with van der Waals surface area (Å²) in [4.78, 5) is 49.4. The number of allylic oxidation sites excluding steroid dienone is 2. The lowest BCUT2D eigenvalue weighted by molar-refractivity contribution is -0.154. The van der Waals surface area contributed by atoms with E-state index in [1.54, 1.807) is 24.3 Å². The predicted octanol–water partition coefficient (Wildman–Crippen LogP) is 0.991. The number of nitriles is 1. The molecule has 27 heavy (non-hydrogen) atoms. The number of benzene rings is 1. The number of nitrogens with zero attached hydrogens (tertiary/aromatic N) is 2. The van der Waals surface area contributed by atoms with Gasteiger partial charge in [-0.3, -0.25) is 24.1 Å². The molecule has 1 saturated heterocycles. The summed E-state index contributed by atoms with van der Waals surface area (Å²) in [6.45, 7) is -1.09. The highest BCUT2D eigenvalue weighted by Crippen LogP contribution is 2.34. The van der Waals surface area contributed by atoms with Crippen molar-refractivity contribution >= 4 is 29.4 Å². The Morgan fingerprint density at radius 1 is 1.15 bits per heavy atom. The van der Waals surface area contributed by atoms with Crippen LogP contribution in [0.2, 0.25) is 0 Å². The number of para-hydroxylation sites is 1. The van der Waals surface area contributed by atoms with Crippen LogP contribution in [0.4, 0.5) is 5.69 Å². The van der Waals surface area contributed by atoms with Gasteiger partial charge in [-0.25, -0.2) is 0 Å². The topological polar surface area (TPSA) is 117 Å². The van der Waals surface area contributed by atoms with Crippen molar-refractivity contribution in [1.29, 1.82) is 5.26 Å². The lowest BCUT2D eigenvalue weighted by Gasteiger charge is -2.14. The number of carbonyl (C=O) groups excluding carboxylic acids is 4. The first-order valence-electron chi connectivity index (χ1n) is 8.46. The fraction of sp³-hybridized carbons (Fsp3) is 0.316. The van der Waals surface area contributed by atoms with Crippen LogP contribution in [-0.4, -0.2) is 41.7 Å². The summed E-state index contributed by atoms with van der Waals surface area (Å²) in [5.74, 6) is -3.05. The molecule has 1 aromatic carbocycles. The van der Waals surface area contributed by atoms with Crippen molar-refractivity contribution in [3.63, 3.8) is 0 Å². The second-order valence-corrected chi connectivity index (χ2v) is 6.28. The maximum atomic E-state index is 12.3. The number of likely N-dealkylation sites (tertiary alicyclic amines) is 1. The van der Waals surface area contributed by atoms with Crippen LogP contribution in [0, 0.1) is 23.2 Å². The Kier molecular flexibility index (Phi) is 5.31. The van der Waals surface area contributed by atoms with Gasteiger partial charge in [-0.15, -0.1) is 0 Å². The summed E-state index contributed by atoms with van der Waals surface area (Å²) < 4.78 is 4.87. The zero-order chi connectivity index (χ0) is 19.4. The van der Waals surface area contributed by atoms with Crippen molar-refractivity contribution in [2.75, 3.05) is 18.5 Å². The largest absolute Gasteiger partial charge is 0.454 e.